The molecule has 0 aliphatic heterocycles. The summed E-state index contributed by atoms with van der Waals surface area (Å²) in [6.45, 7) is 2.86. The molecule has 2 rings (SSSR count). The Morgan fingerprint density at radius 1 is 1.47 bits per heavy atom. The van der Waals surface area contributed by atoms with Crippen LogP contribution in [0, 0.1) is 11.3 Å². The molecule has 3 nitrogen and oxygen atoms in total. The number of nitrogens with one attached hydrogen (secondary N) is 1. The predicted octanol–water partition coefficient (Wildman–Crippen LogP) is 2.55. The Hall–Kier alpha value is -1.40. The maximum Gasteiger partial charge on any atom is 0.101 e. The molecule has 0 spiro atoms. The average Bonchev–Trinajstić information content (AvgIpc) is 2.89. The number of nitriles is 1. The van der Waals surface area contributed by atoms with Gasteiger partial charge >= 0.3 is 0 Å². The number of aromatic nitrogens is 1. The number of rotatable bonds is 4. The monoisotopic (exact) mass is 229 g/mol. The molecule has 0 atom stereocenters. The second kappa shape index (κ2) is 5.79. The Morgan fingerprint density at radius 3 is 2.88 bits per heavy atom. The molecule has 1 aromatic heterocycles. The van der Waals surface area contributed by atoms with Crippen molar-refractivity contribution in [1.82, 2.24) is 10.3 Å². The Bertz CT molecular complexity index is 414. The first-order chi connectivity index (χ1) is 8.33. The molecule has 1 aliphatic rings. The van der Waals surface area contributed by atoms with Crippen molar-refractivity contribution in [2.45, 2.75) is 51.6 Å². The van der Waals surface area contributed by atoms with E-state index in [1.165, 1.54) is 25.7 Å². The van der Waals surface area contributed by atoms with Crippen LogP contribution in [-0.4, -0.2) is 11.0 Å². The third kappa shape index (κ3) is 3.04. The highest BCUT2D eigenvalue weighted by molar-refractivity contribution is 5.35. The van der Waals surface area contributed by atoms with Gasteiger partial charge in [0, 0.05) is 18.8 Å². The molecule has 0 unspecified atom stereocenters. The molecule has 1 heterocycles. The summed E-state index contributed by atoms with van der Waals surface area (Å²) >= 11 is 0. The van der Waals surface area contributed by atoms with E-state index in [1.54, 1.807) is 0 Å². The second-order valence-corrected chi connectivity index (χ2v) is 4.67. The van der Waals surface area contributed by atoms with Crippen LogP contribution in [0.15, 0.2) is 12.3 Å². The first-order valence-corrected chi connectivity index (χ1v) is 6.44. The maximum atomic E-state index is 9.04. The lowest BCUT2D eigenvalue weighted by atomic mass is 10.1. The van der Waals surface area contributed by atoms with E-state index in [1.807, 2.05) is 19.2 Å². The first-order valence-electron chi connectivity index (χ1n) is 6.44. The van der Waals surface area contributed by atoms with Crippen LogP contribution in [0.5, 0.6) is 0 Å². The summed E-state index contributed by atoms with van der Waals surface area (Å²) in [5, 5.41) is 12.6. The van der Waals surface area contributed by atoms with Gasteiger partial charge in [-0.1, -0.05) is 19.8 Å². The van der Waals surface area contributed by atoms with Crippen LogP contribution in [0.2, 0.25) is 0 Å². The van der Waals surface area contributed by atoms with Crippen LogP contribution in [0.25, 0.3) is 0 Å². The van der Waals surface area contributed by atoms with Crippen LogP contribution in [0.4, 0.5) is 0 Å². The van der Waals surface area contributed by atoms with Gasteiger partial charge in [0.05, 0.1) is 11.3 Å². The summed E-state index contributed by atoms with van der Waals surface area (Å²) < 4.78 is 0. The molecule has 0 amide bonds. The number of nitrogens with zero attached hydrogens (tertiary/aromatic N) is 2. The summed E-state index contributed by atoms with van der Waals surface area (Å²) in [6, 6.07) is 4.85. The van der Waals surface area contributed by atoms with Crippen molar-refractivity contribution in [3.8, 4) is 6.07 Å². The van der Waals surface area contributed by atoms with Gasteiger partial charge in [-0.2, -0.15) is 5.26 Å². The number of aryl methyl sites for hydroxylation is 1. The van der Waals surface area contributed by atoms with Crippen molar-refractivity contribution in [3.63, 3.8) is 0 Å². The van der Waals surface area contributed by atoms with E-state index in [0.717, 1.165) is 29.8 Å². The number of hydrogen-bond donors (Lipinski definition) is 1. The highest BCUT2D eigenvalue weighted by Gasteiger charge is 2.14. The fourth-order valence-electron chi connectivity index (χ4n) is 2.40. The Kier molecular flexibility index (Phi) is 4.11. The van der Waals surface area contributed by atoms with Crippen molar-refractivity contribution >= 4 is 0 Å². The smallest absolute Gasteiger partial charge is 0.101 e. The molecular formula is C14H19N3. The SMILES string of the molecule is CCc1ncc(CNC2CCCC2)cc1C#N. The average molecular weight is 229 g/mol. The van der Waals surface area contributed by atoms with E-state index in [4.69, 9.17) is 5.26 Å². The third-order valence-electron chi connectivity index (χ3n) is 3.43. The molecule has 0 radical (unpaired) electrons. The molecular weight excluding hydrogens is 210 g/mol. The van der Waals surface area contributed by atoms with Crippen molar-refractivity contribution in [1.29, 1.82) is 5.26 Å². The van der Waals surface area contributed by atoms with E-state index in [9.17, 15) is 0 Å². The predicted molar refractivity (Wildman–Crippen MR) is 67.4 cm³/mol. The fourth-order valence-corrected chi connectivity index (χ4v) is 2.40. The summed E-state index contributed by atoms with van der Waals surface area (Å²) in [5.41, 5.74) is 2.74. The molecule has 3 heteroatoms. The second-order valence-electron chi connectivity index (χ2n) is 4.67. The lowest BCUT2D eigenvalue weighted by Gasteiger charge is -2.12. The molecule has 90 valence electrons. The minimum atomic E-state index is 0.659. The highest BCUT2D eigenvalue weighted by atomic mass is 14.9. The van der Waals surface area contributed by atoms with E-state index in [2.05, 4.69) is 16.4 Å². The molecule has 1 saturated carbocycles. The summed E-state index contributed by atoms with van der Waals surface area (Å²) in [5.74, 6) is 0. The lowest BCUT2D eigenvalue weighted by Crippen LogP contribution is -2.25. The van der Waals surface area contributed by atoms with Crippen LogP contribution < -0.4 is 5.32 Å². The molecule has 1 N–H and O–H groups in total. The van der Waals surface area contributed by atoms with E-state index >= 15 is 0 Å². The Morgan fingerprint density at radius 2 is 2.24 bits per heavy atom. The van der Waals surface area contributed by atoms with Crippen LogP contribution in [0.1, 0.15) is 49.4 Å². The summed E-state index contributed by atoms with van der Waals surface area (Å²) in [7, 11) is 0. The molecule has 1 aromatic rings. The van der Waals surface area contributed by atoms with Crippen molar-refractivity contribution in [2.75, 3.05) is 0 Å². The van der Waals surface area contributed by atoms with E-state index in [-0.39, 0.29) is 0 Å². The van der Waals surface area contributed by atoms with Gasteiger partial charge < -0.3 is 5.32 Å². The van der Waals surface area contributed by atoms with Crippen LogP contribution >= 0.6 is 0 Å². The van der Waals surface area contributed by atoms with Gasteiger partial charge in [0.2, 0.25) is 0 Å². The Labute approximate surface area is 103 Å². The first kappa shape index (κ1) is 12.1. The summed E-state index contributed by atoms with van der Waals surface area (Å²) in [4.78, 5) is 4.35. The van der Waals surface area contributed by atoms with E-state index < -0.39 is 0 Å². The quantitative estimate of drug-likeness (QED) is 0.863. The van der Waals surface area contributed by atoms with E-state index in [0.29, 0.717) is 6.04 Å². The molecule has 1 aliphatic carbocycles. The van der Waals surface area contributed by atoms with Crippen LogP contribution in [-0.2, 0) is 13.0 Å². The molecule has 17 heavy (non-hydrogen) atoms. The molecule has 1 fully saturated rings. The highest BCUT2D eigenvalue weighted by Crippen LogP contribution is 2.18. The van der Waals surface area contributed by atoms with Gasteiger partial charge in [-0.05, 0) is 30.9 Å². The molecule has 0 saturated heterocycles. The minimum absolute atomic E-state index is 0.659. The van der Waals surface area contributed by atoms with Gasteiger partial charge in [0.1, 0.15) is 6.07 Å². The zero-order chi connectivity index (χ0) is 12.1. The van der Waals surface area contributed by atoms with Gasteiger partial charge in [-0.3, -0.25) is 4.98 Å². The largest absolute Gasteiger partial charge is 0.310 e. The third-order valence-corrected chi connectivity index (χ3v) is 3.43. The molecule has 0 aromatic carbocycles. The van der Waals surface area contributed by atoms with Crippen molar-refractivity contribution in [3.05, 3.63) is 29.1 Å². The fraction of sp³-hybridized carbons (Fsp3) is 0.571. The van der Waals surface area contributed by atoms with Crippen LogP contribution in [0.3, 0.4) is 0 Å². The van der Waals surface area contributed by atoms with Gasteiger partial charge in [0.25, 0.3) is 0 Å². The van der Waals surface area contributed by atoms with Gasteiger partial charge in [-0.15, -0.1) is 0 Å². The number of pyridine rings is 1. The van der Waals surface area contributed by atoms with Gasteiger partial charge in [0.15, 0.2) is 0 Å². The minimum Gasteiger partial charge on any atom is -0.310 e. The standard InChI is InChI=1S/C14H19N3/c1-2-14-12(8-15)7-11(10-17-14)9-16-13-5-3-4-6-13/h7,10,13,16H,2-6,9H2,1H3. The van der Waals surface area contributed by atoms with Gasteiger partial charge in [-0.25, -0.2) is 0 Å². The Balaban J connectivity index is 1.99. The number of hydrogen-bond acceptors (Lipinski definition) is 3. The normalized spacial score (nSPS) is 16.0. The molecule has 0 bridgehead atoms. The van der Waals surface area contributed by atoms with Crippen molar-refractivity contribution in [2.24, 2.45) is 0 Å². The lowest BCUT2D eigenvalue weighted by molar-refractivity contribution is 0.523. The maximum absolute atomic E-state index is 9.04. The zero-order valence-electron chi connectivity index (χ0n) is 10.4. The summed E-state index contributed by atoms with van der Waals surface area (Å²) in [6.07, 6.45) is 7.96. The van der Waals surface area contributed by atoms with Crippen molar-refractivity contribution < 1.29 is 0 Å². The zero-order valence-corrected chi connectivity index (χ0v) is 10.4. The topological polar surface area (TPSA) is 48.7 Å².